The van der Waals surface area contributed by atoms with E-state index in [1.54, 1.807) is 0 Å². The van der Waals surface area contributed by atoms with E-state index in [9.17, 15) is 14.9 Å². The molecule has 1 aromatic rings. The lowest BCUT2D eigenvalue weighted by atomic mass is 10.1. The smallest absolute Gasteiger partial charge is 0.317 e. The van der Waals surface area contributed by atoms with E-state index < -0.39 is 10.9 Å². The molecule has 1 heterocycles. The fourth-order valence-electron chi connectivity index (χ4n) is 1.37. The van der Waals surface area contributed by atoms with Crippen molar-refractivity contribution in [2.45, 2.75) is 25.7 Å². The van der Waals surface area contributed by atoms with Gasteiger partial charge in [-0.1, -0.05) is 0 Å². The number of hydrogen-bond donors (Lipinski definition) is 2. The van der Waals surface area contributed by atoms with Gasteiger partial charge in [0.25, 0.3) is 0 Å². The van der Waals surface area contributed by atoms with Gasteiger partial charge in [0.05, 0.1) is 4.92 Å². The van der Waals surface area contributed by atoms with Crippen LogP contribution >= 0.6 is 27.3 Å². The van der Waals surface area contributed by atoms with Crippen molar-refractivity contribution >= 4 is 44.6 Å². The number of aliphatic carboxylic acids is 1. The van der Waals surface area contributed by atoms with Crippen LogP contribution in [0, 0.1) is 10.1 Å². The predicted octanol–water partition coefficient (Wildman–Crippen LogP) is 2.80. The zero-order chi connectivity index (χ0) is 13.0. The molecule has 0 aliphatic heterocycles. The lowest BCUT2D eigenvalue weighted by molar-refractivity contribution is -0.384. The van der Waals surface area contributed by atoms with E-state index in [-0.39, 0.29) is 17.8 Å². The average Bonchev–Trinajstić information content (AvgIpc) is 2.48. The van der Waals surface area contributed by atoms with Gasteiger partial charge in [-0.2, -0.15) is 0 Å². The molecule has 0 aliphatic rings. The fraction of sp³-hybridized carbons (Fsp3) is 0.444. The summed E-state index contributed by atoms with van der Waals surface area (Å²) in [6.07, 6.45) is 1.86. The minimum Gasteiger partial charge on any atom is -0.481 e. The number of aryl methyl sites for hydroxylation is 1. The highest BCUT2D eigenvalue weighted by Gasteiger charge is 2.23. The SMILES string of the molecule is Nc1c(CCCCC(=O)O)sc(Br)c1[N+](=O)[O-]. The van der Waals surface area contributed by atoms with Gasteiger partial charge >= 0.3 is 11.7 Å². The Bertz CT molecular complexity index is 446. The number of rotatable bonds is 6. The number of nitro groups is 1. The molecule has 0 atom stereocenters. The third-order valence-electron chi connectivity index (χ3n) is 2.18. The molecular weight excluding hydrogens is 312 g/mol. The van der Waals surface area contributed by atoms with Gasteiger partial charge in [-0.05, 0) is 35.2 Å². The summed E-state index contributed by atoms with van der Waals surface area (Å²) >= 11 is 4.33. The molecule has 94 valence electrons. The van der Waals surface area contributed by atoms with Crippen LogP contribution in [0.5, 0.6) is 0 Å². The van der Waals surface area contributed by atoms with Gasteiger partial charge in [-0.3, -0.25) is 14.9 Å². The topological polar surface area (TPSA) is 106 Å². The van der Waals surface area contributed by atoms with Crippen molar-refractivity contribution < 1.29 is 14.8 Å². The van der Waals surface area contributed by atoms with Crippen molar-refractivity contribution in [3.8, 4) is 0 Å². The van der Waals surface area contributed by atoms with Crippen molar-refractivity contribution in [1.29, 1.82) is 0 Å². The Kier molecular flexibility index (Phi) is 4.88. The second-order valence-electron chi connectivity index (χ2n) is 3.42. The van der Waals surface area contributed by atoms with Crippen LogP contribution in [0.2, 0.25) is 0 Å². The highest BCUT2D eigenvalue weighted by molar-refractivity contribution is 9.11. The van der Waals surface area contributed by atoms with Crippen LogP contribution in [0.15, 0.2) is 3.79 Å². The van der Waals surface area contributed by atoms with Crippen LogP contribution in [-0.4, -0.2) is 16.0 Å². The molecule has 3 N–H and O–H groups in total. The average molecular weight is 323 g/mol. The van der Waals surface area contributed by atoms with E-state index in [4.69, 9.17) is 10.8 Å². The Hall–Kier alpha value is -1.15. The molecule has 17 heavy (non-hydrogen) atoms. The molecule has 0 spiro atoms. The number of thiophene rings is 1. The molecule has 0 amide bonds. The lowest BCUT2D eigenvalue weighted by Gasteiger charge is -1.97. The number of nitrogen functional groups attached to an aromatic ring is 1. The van der Waals surface area contributed by atoms with Crippen molar-refractivity contribution in [3.63, 3.8) is 0 Å². The van der Waals surface area contributed by atoms with E-state index in [2.05, 4.69) is 15.9 Å². The number of unbranched alkanes of at least 4 members (excludes halogenated alkanes) is 1. The van der Waals surface area contributed by atoms with Gasteiger partial charge in [0, 0.05) is 11.3 Å². The van der Waals surface area contributed by atoms with Crippen LogP contribution in [0.4, 0.5) is 11.4 Å². The van der Waals surface area contributed by atoms with E-state index in [0.29, 0.717) is 23.0 Å². The first-order valence-corrected chi connectivity index (χ1v) is 6.47. The third-order valence-corrected chi connectivity index (χ3v) is 4.09. The van der Waals surface area contributed by atoms with Crippen molar-refractivity contribution in [2.24, 2.45) is 0 Å². The number of nitrogens with two attached hydrogens (primary N) is 1. The van der Waals surface area contributed by atoms with Crippen LogP contribution in [-0.2, 0) is 11.2 Å². The quantitative estimate of drug-likeness (QED) is 0.475. The summed E-state index contributed by atoms with van der Waals surface area (Å²) in [6.45, 7) is 0. The normalized spacial score (nSPS) is 10.4. The first-order chi connectivity index (χ1) is 7.93. The highest BCUT2D eigenvalue weighted by Crippen LogP contribution is 2.41. The number of carbonyl (C=O) groups is 1. The number of hydrogen-bond acceptors (Lipinski definition) is 5. The van der Waals surface area contributed by atoms with E-state index >= 15 is 0 Å². The first kappa shape index (κ1) is 13.9. The molecule has 0 fully saturated rings. The molecule has 0 radical (unpaired) electrons. The standard InChI is InChI=1S/C9H11BrN2O4S/c10-9-8(12(15)16)7(11)5(17-9)3-1-2-4-6(13)14/h1-4,11H2,(H,13,14). The number of halogens is 1. The molecule has 6 nitrogen and oxygen atoms in total. The second-order valence-corrected chi connectivity index (χ2v) is 5.84. The van der Waals surface area contributed by atoms with Gasteiger partial charge in [0.15, 0.2) is 3.79 Å². The molecule has 0 unspecified atom stereocenters. The van der Waals surface area contributed by atoms with E-state index in [1.165, 1.54) is 11.3 Å². The number of nitrogens with zero attached hydrogens (tertiary/aromatic N) is 1. The minimum atomic E-state index is -0.837. The molecule has 8 heteroatoms. The summed E-state index contributed by atoms with van der Waals surface area (Å²) in [5.74, 6) is -0.837. The fourth-order valence-corrected chi connectivity index (χ4v) is 3.26. The monoisotopic (exact) mass is 322 g/mol. The molecule has 1 aromatic heterocycles. The zero-order valence-electron chi connectivity index (χ0n) is 8.81. The van der Waals surface area contributed by atoms with E-state index in [1.807, 2.05) is 0 Å². The summed E-state index contributed by atoms with van der Waals surface area (Å²) in [6, 6.07) is 0. The minimum absolute atomic E-state index is 0.0942. The summed E-state index contributed by atoms with van der Waals surface area (Å²) in [7, 11) is 0. The number of carboxylic acids is 1. The molecular formula is C9H11BrN2O4S. The molecule has 0 aliphatic carbocycles. The molecule has 0 aromatic carbocycles. The Morgan fingerprint density at radius 1 is 1.53 bits per heavy atom. The Morgan fingerprint density at radius 2 is 2.18 bits per heavy atom. The highest BCUT2D eigenvalue weighted by atomic mass is 79.9. The van der Waals surface area contributed by atoms with Crippen LogP contribution in [0.3, 0.4) is 0 Å². The molecule has 0 saturated heterocycles. The maximum atomic E-state index is 10.7. The van der Waals surface area contributed by atoms with Crippen LogP contribution < -0.4 is 5.73 Å². The summed E-state index contributed by atoms with van der Waals surface area (Å²) in [5, 5.41) is 19.2. The Balaban J connectivity index is 2.63. The largest absolute Gasteiger partial charge is 0.481 e. The van der Waals surface area contributed by atoms with Crippen LogP contribution in [0.25, 0.3) is 0 Å². The van der Waals surface area contributed by atoms with Gasteiger partial charge in [-0.15, -0.1) is 11.3 Å². The van der Waals surface area contributed by atoms with Crippen LogP contribution in [0.1, 0.15) is 24.1 Å². The number of carboxylic acid groups (broad SMARTS) is 1. The molecule has 1 rings (SSSR count). The van der Waals surface area contributed by atoms with Crippen molar-refractivity contribution in [3.05, 3.63) is 18.8 Å². The van der Waals surface area contributed by atoms with Crippen molar-refractivity contribution in [1.82, 2.24) is 0 Å². The maximum absolute atomic E-state index is 10.7. The zero-order valence-corrected chi connectivity index (χ0v) is 11.2. The third kappa shape index (κ3) is 3.67. The second kappa shape index (κ2) is 5.97. The molecule has 0 bridgehead atoms. The number of anilines is 1. The van der Waals surface area contributed by atoms with E-state index in [0.717, 1.165) is 4.88 Å². The summed E-state index contributed by atoms with van der Waals surface area (Å²) in [4.78, 5) is 21.2. The molecule has 0 saturated carbocycles. The predicted molar refractivity (Wildman–Crippen MR) is 68.3 cm³/mol. The Morgan fingerprint density at radius 3 is 2.65 bits per heavy atom. The van der Waals surface area contributed by atoms with Crippen molar-refractivity contribution in [2.75, 3.05) is 5.73 Å². The van der Waals surface area contributed by atoms with Gasteiger partial charge < -0.3 is 10.8 Å². The summed E-state index contributed by atoms with van der Waals surface area (Å²) in [5.41, 5.74) is 5.76. The Labute approximate surface area is 110 Å². The maximum Gasteiger partial charge on any atom is 0.317 e. The summed E-state index contributed by atoms with van der Waals surface area (Å²) < 4.78 is 0.410. The van der Waals surface area contributed by atoms with Gasteiger partial charge in [0.2, 0.25) is 0 Å². The first-order valence-electron chi connectivity index (χ1n) is 4.86. The van der Waals surface area contributed by atoms with Gasteiger partial charge in [0.1, 0.15) is 5.69 Å². The lowest BCUT2D eigenvalue weighted by Crippen LogP contribution is -1.97. The van der Waals surface area contributed by atoms with Gasteiger partial charge in [-0.25, -0.2) is 0 Å².